The Kier molecular flexibility index (Phi) is 4.74. The number of ketones is 1. The van der Waals surface area contributed by atoms with Crippen LogP contribution in [0.4, 0.5) is 5.69 Å². The van der Waals surface area contributed by atoms with Gasteiger partial charge in [0.2, 0.25) is 6.79 Å². The fraction of sp³-hybridized carbons (Fsp3) is 0.167. The van der Waals surface area contributed by atoms with Crippen LogP contribution in [0.3, 0.4) is 0 Å². The second-order valence-electron chi connectivity index (χ2n) is 5.48. The van der Waals surface area contributed by atoms with Crippen molar-refractivity contribution < 1.29 is 33.7 Å². The molecule has 1 heterocycles. The monoisotopic (exact) mass is 357 g/mol. The van der Waals surface area contributed by atoms with Crippen molar-refractivity contribution in [2.24, 2.45) is 0 Å². The maximum atomic E-state index is 12.1. The van der Waals surface area contributed by atoms with Crippen LogP contribution in [0, 0.1) is 0 Å². The lowest BCUT2D eigenvalue weighted by Crippen LogP contribution is -2.22. The summed E-state index contributed by atoms with van der Waals surface area (Å²) in [6.07, 6.45) is 0. The summed E-state index contributed by atoms with van der Waals surface area (Å²) in [5, 5.41) is 11.7. The molecule has 26 heavy (non-hydrogen) atoms. The first-order valence-corrected chi connectivity index (χ1v) is 7.64. The number of fused-ring (bicyclic) bond motifs is 1. The van der Waals surface area contributed by atoms with Crippen molar-refractivity contribution in [1.82, 2.24) is 0 Å². The number of carbonyl (C=O) groups is 3. The van der Waals surface area contributed by atoms with Gasteiger partial charge in [-0.2, -0.15) is 0 Å². The lowest BCUT2D eigenvalue weighted by molar-refractivity contribution is -0.119. The van der Waals surface area contributed by atoms with E-state index in [0.717, 1.165) is 0 Å². The molecule has 3 rings (SSSR count). The number of ether oxygens (including phenoxy) is 3. The van der Waals surface area contributed by atoms with Gasteiger partial charge >= 0.3 is 5.97 Å². The number of phenols is 1. The van der Waals surface area contributed by atoms with Crippen LogP contribution in [0.25, 0.3) is 0 Å². The molecule has 0 saturated heterocycles. The maximum absolute atomic E-state index is 12.1. The molecule has 8 nitrogen and oxygen atoms in total. The number of Topliss-reactive ketones (excluding diaryl/α,β-unsaturated/α-hetero) is 1. The largest absolute Gasteiger partial charge is 0.508 e. The average Bonchev–Trinajstić information content (AvgIpc) is 3.06. The average molecular weight is 357 g/mol. The quantitative estimate of drug-likeness (QED) is 0.623. The molecular formula is C18H15NO7. The second-order valence-corrected chi connectivity index (χ2v) is 5.48. The number of carbonyl (C=O) groups excluding carboxylic acids is 3. The van der Waals surface area contributed by atoms with E-state index in [-0.39, 0.29) is 35.1 Å². The molecule has 0 aromatic heterocycles. The van der Waals surface area contributed by atoms with Gasteiger partial charge < -0.3 is 24.6 Å². The lowest BCUT2D eigenvalue weighted by Gasteiger charge is -2.11. The Morgan fingerprint density at radius 3 is 2.42 bits per heavy atom. The van der Waals surface area contributed by atoms with Crippen LogP contribution in [0.5, 0.6) is 17.2 Å². The van der Waals surface area contributed by atoms with Crippen molar-refractivity contribution in [1.29, 1.82) is 0 Å². The number of rotatable bonds is 5. The van der Waals surface area contributed by atoms with Gasteiger partial charge in [0.1, 0.15) is 5.75 Å². The molecule has 0 bridgehead atoms. The molecule has 8 heteroatoms. The highest BCUT2D eigenvalue weighted by Gasteiger charge is 2.20. The number of phenolic OH excluding ortho intramolecular Hbond substituents is 1. The van der Waals surface area contributed by atoms with Gasteiger partial charge in [-0.3, -0.25) is 9.59 Å². The summed E-state index contributed by atoms with van der Waals surface area (Å²) in [6, 6.07) is 8.40. The Labute approximate surface area is 148 Å². The fourth-order valence-electron chi connectivity index (χ4n) is 2.33. The van der Waals surface area contributed by atoms with Crippen molar-refractivity contribution >= 4 is 23.3 Å². The first-order valence-electron chi connectivity index (χ1n) is 7.64. The first kappa shape index (κ1) is 17.3. The Hall–Kier alpha value is -3.55. The minimum Gasteiger partial charge on any atom is -0.508 e. The molecular weight excluding hydrogens is 342 g/mol. The molecule has 2 aromatic carbocycles. The summed E-state index contributed by atoms with van der Waals surface area (Å²) in [5.74, 6) is -0.743. The lowest BCUT2D eigenvalue weighted by atomic mass is 10.1. The number of anilines is 1. The molecule has 0 unspecified atom stereocenters. The van der Waals surface area contributed by atoms with Crippen LogP contribution < -0.4 is 14.8 Å². The number of hydrogen-bond acceptors (Lipinski definition) is 7. The van der Waals surface area contributed by atoms with E-state index < -0.39 is 18.5 Å². The molecule has 0 atom stereocenters. The molecule has 0 fully saturated rings. The molecule has 0 aliphatic carbocycles. The van der Waals surface area contributed by atoms with Gasteiger partial charge in [-0.1, -0.05) is 0 Å². The van der Waals surface area contributed by atoms with E-state index in [9.17, 15) is 19.5 Å². The number of esters is 1. The van der Waals surface area contributed by atoms with Crippen LogP contribution in [0.15, 0.2) is 36.4 Å². The van der Waals surface area contributed by atoms with Crippen molar-refractivity contribution in [3.63, 3.8) is 0 Å². The zero-order valence-electron chi connectivity index (χ0n) is 13.8. The summed E-state index contributed by atoms with van der Waals surface area (Å²) in [6.45, 7) is 0.859. The van der Waals surface area contributed by atoms with Gasteiger partial charge in [0, 0.05) is 11.6 Å². The van der Waals surface area contributed by atoms with E-state index in [1.54, 1.807) is 0 Å². The third-order valence-corrected chi connectivity index (χ3v) is 3.60. The topological polar surface area (TPSA) is 111 Å². The Balaban J connectivity index is 1.65. The van der Waals surface area contributed by atoms with Crippen molar-refractivity contribution in [2.75, 3.05) is 18.7 Å². The Bertz CT molecular complexity index is 874. The third-order valence-electron chi connectivity index (χ3n) is 3.60. The van der Waals surface area contributed by atoms with Gasteiger partial charge in [0.15, 0.2) is 23.9 Å². The van der Waals surface area contributed by atoms with Crippen LogP contribution in [0.1, 0.15) is 27.6 Å². The molecule has 1 aliphatic rings. The number of nitrogens with one attached hydrogen (secondary N) is 1. The predicted octanol–water partition coefficient (Wildman–Crippen LogP) is 2.12. The van der Waals surface area contributed by atoms with E-state index in [0.29, 0.717) is 11.5 Å². The zero-order valence-corrected chi connectivity index (χ0v) is 13.8. The summed E-state index contributed by atoms with van der Waals surface area (Å²) >= 11 is 0. The molecule has 0 radical (unpaired) electrons. The minimum absolute atomic E-state index is 0.0128. The fourth-order valence-corrected chi connectivity index (χ4v) is 2.33. The van der Waals surface area contributed by atoms with Crippen LogP contribution >= 0.6 is 0 Å². The molecule has 134 valence electrons. The van der Waals surface area contributed by atoms with Crippen LogP contribution in [0.2, 0.25) is 0 Å². The minimum atomic E-state index is -0.711. The van der Waals surface area contributed by atoms with E-state index in [1.807, 2.05) is 0 Å². The van der Waals surface area contributed by atoms with Crippen LogP contribution in [-0.4, -0.2) is 36.2 Å². The molecule has 0 saturated carbocycles. The van der Waals surface area contributed by atoms with Gasteiger partial charge in [-0.05, 0) is 37.3 Å². The number of aromatic hydroxyl groups is 1. The summed E-state index contributed by atoms with van der Waals surface area (Å²) in [7, 11) is 0. The van der Waals surface area contributed by atoms with E-state index in [1.165, 1.54) is 43.3 Å². The van der Waals surface area contributed by atoms with Crippen LogP contribution in [-0.2, 0) is 9.53 Å². The van der Waals surface area contributed by atoms with Gasteiger partial charge in [0.05, 0.1) is 11.3 Å². The molecule has 1 aliphatic heterocycles. The summed E-state index contributed by atoms with van der Waals surface area (Å²) in [4.78, 5) is 35.7. The highest BCUT2D eigenvalue weighted by Crippen LogP contribution is 2.37. The summed E-state index contributed by atoms with van der Waals surface area (Å²) in [5.41, 5.74) is 0.697. The standard InChI is InChI=1S/C18H15NO7/c1-10(20)13-6-15-16(26-9-25-15)7-14(13)19-17(22)8-24-18(23)11-2-4-12(21)5-3-11/h2-7,21H,8-9H2,1H3,(H,19,22). The van der Waals surface area contributed by atoms with Gasteiger partial charge in [0.25, 0.3) is 5.91 Å². The maximum Gasteiger partial charge on any atom is 0.338 e. The van der Waals surface area contributed by atoms with Gasteiger partial charge in [-0.25, -0.2) is 4.79 Å². The third kappa shape index (κ3) is 3.75. The number of amides is 1. The smallest absolute Gasteiger partial charge is 0.338 e. The first-order chi connectivity index (χ1) is 12.4. The van der Waals surface area contributed by atoms with Gasteiger partial charge in [-0.15, -0.1) is 0 Å². The van der Waals surface area contributed by atoms with E-state index in [4.69, 9.17) is 14.2 Å². The van der Waals surface area contributed by atoms with Crippen molar-refractivity contribution in [3.8, 4) is 17.2 Å². The zero-order chi connectivity index (χ0) is 18.7. The molecule has 0 spiro atoms. The number of hydrogen-bond donors (Lipinski definition) is 2. The second kappa shape index (κ2) is 7.14. The van der Waals surface area contributed by atoms with Crippen molar-refractivity contribution in [3.05, 3.63) is 47.5 Å². The SMILES string of the molecule is CC(=O)c1cc2c(cc1NC(=O)COC(=O)c1ccc(O)cc1)OCO2. The number of benzene rings is 2. The highest BCUT2D eigenvalue weighted by atomic mass is 16.7. The Morgan fingerprint density at radius 1 is 1.12 bits per heavy atom. The summed E-state index contributed by atoms with van der Waals surface area (Å²) < 4.78 is 15.4. The molecule has 2 N–H and O–H groups in total. The molecule has 1 amide bonds. The van der Waals surface area contributed by atoms with Crippen molar-refractivity contribution in [2.45, 2.75) is 6.92 Å². The Morgan fingerprint density at radius 2 is 1.77 bits per heavy atom. The molecule has 2 aromatic rings. The van der Waals surface area contributed by atoms with E-state index >= 15 is 0 Å². The normalized spacial score (nSPS) is 11.7. The van der Waals surface area contributed by atoms with E-state index in [2.05, 4.69) is 5.32 Å². The highest BCUT2D eigenvalue weighted by molar-refractivity contribution is 6.05. The predicted molar refractivity (Wildman–Crippen MR) is 89.6 cm³/mol.